The normalized spacial score (nSPS) is 32.2. The van der Waals surface area contributed by atoms with Crippen LogP contribution in [0.15, 0.2) is 24.3 Å². The van der Waals surface area contributed by atoms with Gasteiger partial charge in [-0.3, -0.25) is 4.90 Å². The van der Waals surface area contributed by atoms with Gasteiger partial charge in [0.1, 0.15) is 0 Å². The maximum Gasteiger partial charge on any atom is 0.0391 e. The van der Waals surface area contributed by atoms with Crippen LogP contribution >= 0.6 is 0 Å². The van der Waals surface area contributed by atoms with Crippen LogP contribution in [-0.4, -0.2) is 30.6 Å². The van der Waals surface area contributed by atoms with Crippen molar-refractivity contribution in [2.75, 3.05) is 20.1 Å². The molecule has 1 fully saturated rings. The molecule has 0 amide bonds. The predicted molar refractivity (Wildman–Crippen MR) is 84.8 cm³/mol. The van der Waals surface area contributed by atoms with Gasteiger partial charge in [-0.05, 0) is 68.7 Å². The molecule has 0 spiro atoms. The molecule has 0 aromatic heterocycles. The zero-order valence-corrected chi connectivity index (χ0v) is 12.9. The SMILES string of the molecule is CCCN(C)C1(CN)C2CCC1Cc1ccccc1C2. The van der Waals surface area contributed by atoms with E-state index in [0.29, 0.717) is 0 Å². The third-order valence-corrected chi connectivity index (χ3v) is 5.93. The number of benzene rings is 1. The van der Waals surface area contributed by atoms with E-state index in [1.807, 2.05) is 0 Å². The minimum absolute atomic E-state index is 0.231. The van der Waals surface area contributed by atoms with E-state index in [2.05, 4.69) is 43.1 Å². The molecule has 0 saturated heterocycles. The second-order valence-corrected chi connectivity index (χ2v) is 6.77. The summed E-state index contributed by atoms with van der Waals surface area (Å²) >= 11 is 0. The lowest BCUT2D eigenvalue weighted by Gasteiger charge is -2.46. The molecule has 2 atom stereocenters. The van der Waals surface area contributed by atoms with Crippen LogP contribution in [-0.2, 0) is 12.8 Å². The van der Waals surface area contributed by atoms with Crippen LogP contribution in [0.5, 0.6) is 0 Å². The van der Waals surface area contributed by atoms with E-state index in [1.54, 1.807) is 11.1 Å². The van der Waals surface area contributed by atoms with Crippen molar-refractivity contribution in [2.24, 2.45) is 17.6 Å². The van der Waals surface area contributed by atoms with Gasteiger partial charge in [-0.1, -0.05) is 31.2 Å². The van der Waals surface area contributed by atoms with Crippen molar-refractivity contribution < 1.29 is 0 Å². The van der Waals surface area contributed by atoms with E-state index in [1.165, 1.54) is 38.6 Å². The summed E-state index contributed by atoms with van der Waals surface area (Å²) in [6.07, 6.45) is 6.36. The fraction of sp³-hybridized carbons (Fsp3) is 0.667. The molecule has 2 nitrogen and oxygen atoms in total. The highest BCUT2D eigenvalue weighted by Crippen LogP contribution is 2.49. The molecule has 2 heteroatoms. The summed E-state index contributed by atoms with van der Waals surface area (Å²) in [7, 11) is 2.30. The fourth-order valence-electron chi connectivity index (χ4n) is 4.94. The highest BCUT2D eigenvalue weighted by atomic mass is 15.2. The van der Waals surface area contributed by atoms with E-state index < -0.39 is 0 Å². The van der Waals surface area contributed by atoms with Crippen LogP contribution in [0.1, 0.15) is 37.3 Å². The lowest BCUT2D eigenvalue weighted by atomic mass is 9.77. The average molecular weight is 272 g/mol. The number of fused-ring (bicyclic) bond motifs is 3. The molecule has 3 rings (SSSR count). The minimum atomic E-state index is 0.231. The standard InChI is InChI=1S/C18H28N2/c1-3-10-20(2)18(13-19)16-8-9-17(18)12-15-7-5-4-6-14(15)11-16/h4-7,16-17H,3,8-13,19H2,1-2H3. The first-order valence-electron chi connectivity index (χ1n) is 8.20. The largest absolute Gasteiger partial charge is 0.329 e. The van der Waals surface area contributed by atoms with Crippen molar-refractivity contribution in [1.82, 2.24) is 4.90 Å². The van der Waals surface area contributed by atoms with E-state index in [9.17, 15) is 0 Å². The number of likely N-dealkylation sites (N-methyl/N-ethyl adjacent to an activating group) is 1. The van der Waals surface area contributed by atoms with E-state index in [0.717, 1.165) is 18.4 Å². The topological polar surface area (TPSA) is 29.3 Å². The van der Waals surface area contributed by atoms with Gasteiger partial charge in [-0.15, -0.1) is 0 Å². The summed E-state index contributed by atoms with van der Waals surface area (Å²) in [4.78, 5) is 2.60. The molecule has 0 radical (unpaired) electrons. The smallest absolute Gasteiger partial charge is 0.0391 e. The maximum atomic E-state index is 6.35. The third kappa shape index (κ3) is 2.01. The third-order valence-electron chi connectivity index (χ3n) is 5.93. The van der Waals surface area contributed by atoms with Crippen molar-refractivity contribution in [3.8, 4) is 0 Å². The Morgan fingerprint density at radius 1 is 1.15 bits per heavy atom. The van der Waals surface area contributed by atoms with E-state index >= 15 is 0 Å². The second-order valence-electron chi connectivity index (χ2n) is 6.77. The summed E-state index contributed by atoms with van der Waals surface area (Å²) in [5.74, 6) is 1.47. The first-order valence-corrected chi connectivity index (χ1v) is 8.20. The van der Waals surface area contributed by atoms with Gasteiger partial charge in [0.05, 0.1) is 0 Å². The van der Waals surface area contributed by atoms with Gasteiger partial charge >= 0.3 is 0 Å². The second kappa shape index (κ2) is 5.50. The molecule has 2 bridgehead atoms. The van der Waals surface area contributed by atoms with Crippen LogP contribution < -0.4 is 5.73 Å². The van der Waals surface area contributed by atoms with Crippen molar-refractivity contribution in [3.63, 3.8) is 0 Å². The number of rotatable bonds is 4. The summed E-state index contributed by atoms with van der Waals surface area (Å²) in [5, 5.41) is 0. The Kier molecular flexibility index (Phi) is 3.87. The molecule has 0 heterocycles. The Morgan fingerprint density at radius 3 is 2.15 bits per heavy atom. The zero-order chi connectivity index (χ0) is 14.2. The van der Waals surface area contributed by atoms with Crippen LogP contribution in [0.25, 0.3) is 0 Å². The molecule has 20 heavy (non-hydrogen) atoms. The number of nitrogens with two attached hydrogens (primary N) is 1. The predicted octanol–water partition coefficient (Wildman–Crippen LogP) is 2.85. The van der Waals surface area contributed by atoms with Gasteiger partial charge in [0.2, 0.25) is 0 Å². The van der Waals surface area contributed by atoms with Crippen molar-refractivity contribution in [2.45, 2.75) is 44.6 Å². The van der Waals surface area contributed by atoms with Gasteiger partial charge in [-0.25, -0.2) is 0 Å². The number of hydrogen-bond acceptors (Lipinski definition) is 2. The van der Waals surface area contributed by atoms with E-state index in [-0.39, 0.29) is 5.54 Å². The zero-order valence-electron chi connectivity index (χ0n) is 12.9. The molecule has 2 unspecified atom stereocenters. The molecule has 2 aliphatic rings. The molecule has 1 aromatic carbocycles. The van der Waals surface area contributed by atoms with Crippen LogP contribution in [0, 0.1) is 11.8 Å². The summed E-state index contributed by atoms with van der Waals surface area (Å²) < 4.78 is 0. The highest BCUT2D eigenvalue weighted by Gasteiger charge is 2.52. The molecule has 2 aliphatic carbocycles. The first-order chi connectivity index (χ1) is 9.72. The van der Waals surface area contributed by atoms with E-state index in [4.69, 9.17) is 5.73 Å². The number of nitrogens with zero attached hydrogens (tertiary/aromatic N) is 1. The van der Waals surface area contributed by atoms with Crippen molar-refractivity contribution >= 4 is 0 Å². The Morgan fingerprint density at radius 2 is 1.70 bits per heavy atom. The summed E-state index contributed by atoms with van der Waals surface area (Å²) in [6.45, 7) is 4.25. The maximum absolute atomic E-state index is 6.35. The quantitative estimate of drug-likeness (QED) is 0.913. The molecular weight excluding hydrogens is 244 g/mol. The van der Waals surface area contributed by atoms with Gasteiger partial charge < -0.3 is 5.73 Å². The van der Waals surface area contributed by atoms with Gasteiger partial charge in [-0.2, -0.15) is 0 Å². The first kappa shape index (κ1) is 14.1. The molecule has 1 aromatic rings. The number of hydrogen-bond donors (Lipinski definition) is 1. The fourth-order valence-corrected chi connectivity index (χ4v) is 4.94. The van der Waals surface area contributed by atoms with Gasteiger partial charge in [0, 0.05) is 12.1 Å². The lowest BCUT2D eigenvalue weighted by molar-refractivity contribution is 0.0463. The summed E-state index contributed by atoms with van der Waals surface area (Å²) in [6, 6.07) is 9.05. The van der Waals surface area contributed by atoms with Crippen LogP contribution in [0.2, 0.25) is 0 Å². The Bertz CT molecular complexity index is 435. The molecule has 1 saturated carbocycles. The monoisotopic (exact) mass is 272 g/mol. The molecule has 0 aliphatic heterocycles. The summed E-state index contributed by atoms with van der Waals surface area (Å²) in [5.41, 5.74) is 9.73. The minimum Gasteiger partial charge on any atom is -0.329 e. The van der Waals surface area contributed by atoms with Crippen molar-refractivity contribution in [3.05, 3.63) is 35.4 Å². The van der Waals surface area contributed by atoms with Crippen LogP contribution in [0.4, 0.5) is 0 Å². The Hall–Kier alpha value is -0.860. The van der Waals surface area contributed by atoms with Crippen molar-refractivity contribution in [1.29, 1.82) is 0 Å². The Balaban J connectivity index is 1.98. The molecule has 110 valence electrons. The van der Waals surface area contributed by atoms with Crippen LogP contribution in [0.3, 0.4) is 0 Å². The average Bonchev–Trinajstić information content (AvgIpc) is 2.71. The Labute approximate surface area is 123 Å². The van der Waals surface area contributed by atoms with Gasteiger partial charge in [0.15, 0.2) is 0 Å². The molecule has 2 N–H and O–H groups in total. The molecular formula is C18H28N2. The van der Waals surface area contributed by atoms with Gasteiger partial charge in [0.25, 0.3) is 0 Å². The lowest BCUT2D eigenvalue weighted by Crippen LogP contribution is -2.59. The highest BCUT2D eigenvalue weighted by molar-refractivity contribution is 5.32.